The van der Waals surface area contributed by atoms with Crippen molar-refractivity contribution in [1.29, 1.82) is 0 Å². The van der Waals surface area contributed by atoms with Crippen LogP contribution in [0.5, 0.6) is 5.75 Å². The van der Waals surface area contributed by atoms with E-state index in [9.17, 15) is 4.79 Å². The van der Waals surface area contributed by atoms with Gasteiger partial charge < -0.3 is 9.30 Å². The van der Waals surface area contributed by atoms with Crippen molar-refractivity contribution < 1.29 is 9.53 Å². The monoisotopic (exact) mass is 420 g/mol. The molecular weight excluding hydrogens is 396 g/mol. The van der Waals surface area contributed by atoms with Gasteiger partial charge in [-0.2, -0.15) is 0 Å². The summed E-state index contributed by atoms with van der Waals surface area (Å²) in [6, 6.07) is 5.85. The van der Waals surface area contributed by atoms with E-state index in [4.69, 9.17) is 9.72 Å². The van der Waals surface area contributed by atoms with E-state index in [2.05, 4.69) is 4.98 Å². The van der Waals surface area contributed by atoms with Crippen LogP contribution in [0.1, 0.15) is 32.1 Å². The minimum absolute atomic E-state index is 0. The number of aryl methyl sites for hydroxylation is 1. The number of fused-ring (bicyclic) bond motifs is 1. The summed E-state index contributed by atoms with van der Waals surface area (Å²) in [6.45, 7) is 1.51. The van der Waals surface area contributed by atoms with Crippen LogP contribution in [-0.4, -0.2) is 34.1 Å². The molecule has 1 aliphatic carbocycles. The largest absolute Gasteiger partial charge is 0.497 e. The second kappa shape index (κ2) is 9.39. The van der Waals surface area contributed by atoms with Crippen molar-refractivity contribution in [2.45, 2.75) is 38.6 Å². The van der Waals surface area contributed by atoms with Crippen molar-refractivity contribution in [1.82, 2.24) is 14.5 Å². The highest BCUT2D eigenvalue weighted by molar-refractivity contribution is 7.22. The third-order valence-electron chi connectivity index (χ3n) is 5.14. The number of benzene rings is 1. The van der Waals surface area contributed by atoms with Gasteiger partial charge >= 0.3 is 0 Å². The molecule has 2 aromatic heterocycles. The molecule has 0 radical (unpaired) electrons. The highest BCUT2D eigenvalue weighted by atomic mass is 35.5. The standard InChI is InChI=1S/C20H24N4O2S.ClH/c1-26-16-7-8-17-18(13-16)27-20(22-17)24(19(25)15-5-2-3-6-15)11-4-10-23-12-9-21-14-23;/h7-9,12-15H,2-6,10-11H2,1H3;1H. The molecule has 150 valence electrons. The molecule has 1 saturated carbocycles. The van der Waals surface area contributed by atoms with Crippen LogP contribution in [0.2, 0.25) is 0 Å². The molecule has 4 rings (SSSR count). The van der Waals surface area contributed by atoms with Crippen LogP contribution in [0.15, 0.2) is 36.9 Å². The smallest absolute Gasteiger partial charge is 0.231 e. The molecule has 0 N–H and O–H groups in total. The maximum Gasteiger partial charge on any atom is 0.231 e. The maximum atomic E-state index is 13.2. The van der Waals surface area contributed by atoms with Gasteiger partial charge in [0.2, 0.25) is 5.91 Å². The van der Waals surface area contributed by atoms with Crippen molar-refractivity contribution in [3.63, 3.8) is 0 Å². The number of anilines is 1. The first-order valence-electron chi connectivity index (χ1n) is 9.46. The Balaban J connectivity index is 0.00000225. The van der Waals surface area contributed by atoms with Gasteiger partial charge in [-0.15, -0.1) is 12.4 Å². The number of rotatable bonds is 7. The number of aromatic nitrogens is 3. The highest BCUT2D eigenvalue weighted by Crippen LogP contribution is 2.34. The van der Waals surface area contributed by atoms with Crippen LogP contribution in [0, 0.1) is 5.92 Å². The fourth-order valence-electron chi connectivity index (χ4n) is 3.66. The Morgan fingerprint density at radius 2 is 2.18 bits per heavy atom. The van der Waals surface area contributed by atoms with Gasteiger partial charge in [0.05, 0.1) is 23.7 Å². The zero-order valence-corrected chi connectivity index (χ0v) is 17.5. The maximum absolute atomic E-state index is 13.2. The summed E-state index contributed by atoms with van der Waals surface area (Å²) < 4.78 is 8.40. The lowest BCUT2D eigenvalue weighted by Crippen LogP contribution is -2.36. The molecule has 1 fully saturated rings. The summed E-state index contributed by atoms with van der Waals surface area (Å²) in [5.74, 6) is 1.18. The lowest BCUT2D eigenvalue weighted by molar-refractivity contribution is -0.122. The Morgan fingerprint density at radius 3 is 2.89 bits per heavy atom. The minimum Gasteiger partial charge on any atom is -0.497 e. The number of ether oxygens (including phenoxy) is 1. The van der Waals surface area contributed by atoms with E-state index in [1.54, 1.807) is 24.6 Å². The van der Waals surface area contributed by atoms with E-state index in [0.717, 1.165) is 59.7 Å². The third-order valence-corrected chi connectivity index (χ3v) is 6.18. The fraction of sp³-hybridized carbons (Fsp3) is 0.450. The summed E-state index contributed by atoms with van der Waals surface area (Å²) in [5, 5.41) is 0.792. The second-order valence-electron chi connectivity index (χ2n) is 6.96. The second-order valence-corrected chi connectivity index (χ2v) is 7.96. The summed E-state index contributed by atoms with van der Waals surface area (Å²) >= 11 is 1.56. The van der Waals surface area contributed by atoms with Gasteiger partial charge in [0.1, 0.15) is 5.75 Å². The van der Waals surface area contributed by atoms with E-state index in [1.807, 2.05) is 40.2 Å². The number of hydrogen-bond acceptors (Lipinski definition) is 5. The molecule has 2 heterocycles. The lowest BCUT2D eigenvalue weighted by Gasteiger charge is -2.23. The Kier molecular flexibility index (Phi) is 6.91. The van der Waals surface area contributed by atoms with Crippen LogP contribution in [0.25, 0.3) is 10.2 Å². The van der Waals surface area contributed by atoms with Crippen molar-refractivity contribution in [3.8, 4) is 5.75 Å². The van der Waals surface area contributed by atoms with Crippen LogP contribution in [-0.2, 0) is 11.3 Å². The van der Waals surface area contributed by atoms with Crippen LogP contribution in [0.4, 0.5) is 5.13 Å². The number of imidazole rings is 1. The van der Waals surface area contributed by atoms with E-state index in [0.29, 0.717) is 6.54 Å². The van der Waals surface area contributed by atoms with Gasteiger partial charge in [-0.25, -0.2) is 9.97 Å². The van der Waals surface area contributed by atoms with Gasteiger partial charge in [-0.3, -0.25) is 9.69 Å². The molecule has 1 aliphatic rings. The van der Waals surface area contributed by atoms with Gasteiger partial charge in [0, 0.05) is 31.4 Å². The molecule has 3 aromatic rings. The van der Waals surface area contributed by atoms with E-state index >= 15 is 0 Å². The Labute approximate surface area is 175 Å². The molecule has 8 heteroatoms. The molecule has 0 spiro atoms. The molecule has 0 saturated heterocycles. The molecule has 0 aliphatic heterocycles. The first-order chi connectivity index (χ1) is 13.2. The number of methoxy groups -OCH3 is 1. The zero-order valence-electron chi connectivity index (χ0n) is 15.9. The summed E-state index contributed by atoms with van der Waals surface area (Å²) in [5.41, 5.74) is 0.912. The minimum atomic E-state index is 0. The molecule has 1 aromatic carbocycles. The van der Waals surface area contributed by atoms with Gasteiger partial charge in [-0.1, -0.05) is 24.2 Å². The Bertz CT molecular complexity index is 906. The number of nitrogens with zero attached hydrogens (tertiary/aromatic N) is 4. The number of carbonyl (C=O) groups excluding carboxylic acids is 1. The molecule has 1 amide bonds. The van der Waals surface area contributed by atoms with Crippen molar-refractivity contribution in [2.75, 3.05) is 18.6 Å². The van der Waals surface area contributed by atoms with Gasteiger partial charge in [-0.05, 0) is 37.5 Å². The zero-order chi connectivity index (χ0) is 18.6. The average Bonchev–Trinajstić information content (AvgIpc) is 3.45. The lowest BCUT2D eigenvalue weighted by atomic mass is 10.1. The molecule has 0 unspecified atom stereocenters. The Hall–Kier alpha value is -2.12. The van der Waals surface area contributed by atoms with E-state index < -0.39 is 0 Å². The first-order valence-corrected chi connectivity index (χ1v) is 10.3. The van der Waals surface area contributed by atoms with Crippen molar-refractivity contribution in [2.24, 2.45) is 5.92 Å². The summed E-state index contributed by atoms with van der Waals surface area (Å²) in [6.07, 6.45) is 10.7. The quantitative estimate of drug-likeness (QED) is 0.563. The van der Waals surface area contributed by atoms with Crippen LogP contribution < -0.4 is 9.64 Å². The Morgan fingerprint density at radius 1 is 1.36 bits per heavy atom. The predicted molar refractivity (Wildman–Crippen MR) is 115 cm³/mol. The van der Waals surface area contributed by atoms with E-state index in [-0.39, 0.29) is 24.2 Å². The van der Waals surface area contributed by atoms with Crippen molar-refractivity contribution >= 4 is 45.0 Å². The van der Waals surface area contributed by atoms with Gasteiger partial charge in [0.25, 0.3) is 0 Å². The van der Waals surface area contributed by atoms with Crippen LogP contribution >= 0.6 is 23.7 Å². The summed E-state index contributed by atoms with van der Waals surface area (Å²) in [4.78, 5) is 23.9. The number of thiazole rings is 1. The predicted octanol–water partition coefficient (Wildman–Crippen LogP) is 4.54. The molecule has 6 nitrogen and oxygen atoms in total. The fourth-order valence-corrected chi connectivity index (χ4v) is 4.68. The highest BCUT2D eigenvalue weighted by Gasteiger charge is 2.29. The van der Waals surface area contributed by atoms with E-state index in [1.165, 1.54) is 0 Å². The number of halogens is 1. The third kappa shape index (κ3) is 4.47. The summed E-state index contributed by atoms with van der Waals surface area (Å²) in [7, 11) is 1.66. The topological polar surface area (TPSA) is 60.2 Å². The van der Waals surface area contributed by atoms with Crippen molar-refractivity contribution in [3.05, 3.63) is 36.9 Å². The number of amides is 1. The number of hydrogen-bond donors (Lipinski definition) is 0. The normalized spacial score (nSPS) is 14.2. The van der Waals surface area contributed by atoms with Crippen LogP contribution in [0.3, 0.4) is 0 Å². The average molecular weight is 421 g/mol. The molecule has 28 heavy (non-hydrogen) atoms. The molecule has 0 atom stereocenters. The molecular formula is C20H25ClN4O2S. The first kappa shape index (κ1) is 20.6. The van der Waals surface area contributed by atoms with Gasteiger partial charge in [0.15, 0.2) is 5.13 Å². The molecule has 0 bridgehead atoms. The SMILES string of the molecule is COc1ccc2nc(N(CCCn3ccnc3)C(=O)C3CCCC3)sc2c1.Cl. The number of carbonyl (C=O) groups is 1.